The van der Waals surface area contributed by atoms with Gasteiger partial charge in [-0.15, -0.1) is 11.3 Å². The van der Waals surface area contributed by atoms with Crippen molar-refractivity contribution in [2.75, 3.05) is 0 Å². The molecule has 0 amide bonds. The predicted molar refractivity (Wildman–Crippen MR) is 68.9 cm³/mol. The summed E-state index contributed by atoms with van der Waals surface area (Å²) >= 11 is 1.55. The molecule has 0 aliphatic heterocycles. The first kappa shape index (κ1) is 12.3. The van der Waals surface area contributed by atoms with Crippen LogP contribution in [0.15, 0.2) is 29.6 Å². The zero-order valence-corrected chi connectivity index (χ0v) is 10.7. The van der Waals surface area contributed by atoms with E-state index in [1.807, 2.05) is 18.4 Å². The molecular weight excluding hydrogens is 235 g/mol. The van der Waals surface area contributed by atoms with Crippen LogP contribution in [-0.2, 0) is 6.42 Å². The van der Waals surface area contributed by atoms with E-state index >= 15 is 0 Å². The molecule has 2 aromatic rings. The lowest BCUT2D eigenvalue weighted by Crippen LogP contribution is -2.02. The Kier molecular flexibility index (Phi) is 3.60. The van der Waals surface area contributed by atoms with Gasteiger partial charge in [0, 0.05) is 4.88 Å². The molecule has 90 valence electrons. The monoisotopic (exact) mass is 250 g/mol. The van der Waals surface area contributed by atoms with Gasteiger partial charge in [0.15, 0.2) is 0 Å². The van der Waals surface area contributed by atoms with Crippen LogP contribution >= 0.6 is 11.3 Å². The summed E-state index contributed by atoms with van der Waals surface area (Å²) in [6, 6.07) is 6.54. The van der Waals surface area contributed by atoms with Crippen molar-refractivity contribution in [2.24, 2.45) is 0 Å². The maximum absolute atomic E-state index is 13.0. The fourth-order valence-electron chi connectivity index (χ4n) is 1.97. The second-order valence-electron chi connectivity index (χ2n) is 4.07. The van der Waals surface area contributed by atoms with E-state index in [0.717, 1.165) is 28.0 Å². The Balaban J connectivity index is 2.40. The highest BCUT2D eigenvalue weighted by Crippen LogP contribution is 2.31. The van der Waals surface area contributed by atoms with E-state index in [9.17, 15) is 9.50 Å². The van der Waals surface area contributed by atoms with E-state index in [1.165, 1.54) is 12.1 Å². The molecule has 1 nitrogen and oxygen atoms in total. The summed E-state index contributed by atoms with van der Waals surface area (Å²) in [6.07, 6.45) is 0.251. The van der Waals surface area contributed by atoms with Crippen LogP contribution in [0.1, 0.15) is 34.6 Å². The number of aryl methyl sites for hydroxylation is 2. The Labute approximate surface area is 105 Å². The van der Waals surface area contributed by atoms with Gasteiger partial charge in [-0.05, 0) is 53.6 Å². The van der Waals surface area contributed by atoms with E-state index in [2.05, 4.69) is 6.92 Å². The maximum Gasteiger partial charge on any atom is 0.123 e. The van der Waals surface area contributed by atoms with E-state index < -0.39 is 6.10 Å². The average molecular weight is 250 g/mol. The molecule has 2 rings (SSSR count). The zero-order valence-electron chi connectivity index (χ0n) is 9.90. The number of rotatable bonds is 3. The van der Waals surface area contributed by atoms with Crippen LogP contribution in [0.25, 0.3) is 0 Å². The Morgan fingerprint density at radius 1 is 1.35 bits per heavy atom. The average Bonchev–Trinajstić information content (AvgIpc) is 2.76. The number of aliphatic hydroxyl groups is 1. The number of thiophene rings is 1. The summed E-state index contributed by atoms with van der Waals surface area (Å²) in [6.45, 7) is 3.89. The van der Waals surface area contributed by atoms with Crippen LogP contribution in [-0.4, -0.2) is 5.11 Å². The predicted octanol–water partition coefficient (Wildman–Crippen LogP) is 3.84. The normalized spacial score (nSPS) is 12.7. The minimum Gasteiger partial charge on any atom is -0.383 e. The van der Waals surface area contributed by atoms with E-state index in [0.29, 0.717) is 0 Å². The first-order valence-electron chi connectivity index (χ1n) is 5.64. The van der Waals surface area contributed by atoms with Crippen molar-refractivity contribution in [1.29, 1.82) is 0 Å². The second kappa shape index (κ2) is 4.98. The van der Waals surface area contributed by atoms with Crippen LogP contribution in [0.3, 0.4) is 0 Å². The fraction of sp³-hybridized carbons (Fsp3) is 0.286. The van der Waals surface area contributed by atoms with Gasteiger partial charge in [-0.2, -0.15) is 0 Å². The lowest BCUT2D eigenvalue weighted by molar-refractivity contribution is 0.222. The van der Waals surface area contributed by atoms with E-state index in [-0.39, 0.29) is 5.82 Å². The van der Waals surface area contributed by atoms with Crippen molar-refractivity contribution < 1.29 is 9.50 Å². The number of hydrogen-bond donors (Lipinski definition) is 1. The quantitative estimate of drug-likeness (QED) is 0.877. The van der Waals surface area contributed by atoms with E-state index in [4.69, 9.17) is 0 Å². The molecular formula is C14H15FOS. The minimum atomic E-state index is -0.648. The number of aliphatic hydroxyl groups excluding tert-OH is 1. The van der Waals surface area contributed by atoms with Crippen molar-refractivity contribution in [2.45, 2.75) is 26.4 Å². The highest BCUT2D eigenvalue weighted by Gasteiger charge is 2.17. The molecule has 3 heteroatoms. The third kappa shape index (κ3) is 2.40. The topological polar surface area (TPSA) is 20.2 Å². The fourth-order valence-corrected chi connectivity index (χ4v) is 2.97. The Morgan fingerprint density at radius 2 is 2.12 bits per heavy atom. The molecule has 1 N–H and O–H groups in total. The molecule has 0 saturated carbocycles. The van der Waals surface area contributed by atoms with Gasteiger partial charge in [0.1, 0.15) is 11.9 Å². The van der Waals surface area contributed by atoms with Crippen molar-refractivity contribution in [3.05, 3.63) is 57.0 Å². The summed E-state index contributed by atoms with van der Waals surface area (Å²) in [5.41, 5.74) is 2.72. The molecule has 0 spiro atoms. The summed E-state index contributed by atoms with van der Waals surface area (Å²) in [5, 5.41) is 12.3. The minimum absolute atomic E-state index is 0.264. The van der Waals surface area contributed by atoms with Crippen molar-refractivity contribution in [3.63, 3.8) is 0 Å². The molecule has 1 aromatic heterocycles. The van der Waals surface area contributed by atoms with Gasteiger partial charge in [-0.25, -0.2) is 4.39 Å². The lowest BCUT2D eigenvalue weighted by Gasteiger charge is -2.14. The molecule has 1 unspecified atom stereocenters. The second-order valence-corrected chi connectivity index (χ2v) is 5.01. The third-order valence-corrected chi connectivity index (χ3v) is 3.95. The van der Waals surface area contributed by atoms with Crippen LogP contribution < -0.4 is 0 Å². The Morgan fingerprint density at radius 3 is 2.76 bits per heavy atom. The van der Waals surface area contributed by atoms with Gasteiger partial charge >= 0.3 is 0 Å². The summed E-state index contributed by atoms with van der Waals surface area (Å²) < 4.78 is 13.0. The largest absolute Gasteiger partial charge is 0.383 e. The highest BCUT2D eigenvalue weighted by atomic mass is 32.1. The molecule has 0 aliphatic rings. The van der Waals surface area contributed by atoms with Gasteiger partial charge < -0.3 is 5.11 Å². The number of hydrogen-bond acceptors (Lipinski definition) is 2. The summed E-state index contributed by atoms with van der Waals surface area (Å²) in [7, 11) is 0. The SMILES string of the molecule is CCc1ccsc1C(O)c1ccc(F)cc1C. The molecule has 17 heavy (non-hydrogen) atoms. The first-order valence-corrected chi connectivity index (χ1v) is 6.51. The van der Waals surface area contributed by atoms with Gasteiger partial charge in [0.25, 0.3) is 0 Å². The van der Waals surface area contributed by atoms with Gasteiger partial charge in [-0.3, -0.25) is 0 Å². The Hall–Kier alpha value is -1.19. The van der Waals surface area contributed by atoms with Crippen LogP contribution in [0.4, 0.5) is 4.39 Å². The summed E-state index contributed by atoms with van der Waals surface area (Å²) in [4.78, 5) is 0.960. The molecule has 0 fully saturated rings. The molecule has 1 atom stereocenters. The van der Waals surface area contributed by atoms with E-state index in [1.54, 1.807) is 17.4 Å². The maximum atomic E-state index is 13.0. The van der Waals surface area contributed by atoms with Crippen molar-refractivity contribution in [1.82, 2.24) is 0 Å². The van der Waals surface area contributed by atoms with Gasteiger partial charge in [0.05, 0.1) is 0 Å². The summed E-state index contributed by atoms with van der Waals surface area (Å²) in [5.74, 6) is -0.264. The molecule has 1 heterocycles. The molecule has 1 aromatic carbocycles. The van der Waals surface area contributed by atoms with Gasteiger partial charge in [-0.1, -0.05) is 13.0 Å². The third-order valence-electron chi connectivity index (χ3n) is 2.94. The molecule has 0 saturated heterocycles. The molecule has 0 bridgehead atoms. The number of halogens is 1. The lowest BCUT2D eigenvalue weighted by atomic mass is 10.00. The van der Waals surface area contributed by atoms with Crippen LogP contribution in [0.2, 0.25) is 0 Å². The standard InChI is InChI=1S/C14H15FOS/c1-3-10-6-7-17-14(10)13(16)12-5-4-11(15)8-9(12)2/h4-8,13,16H,3H2,1-2H3. The van der Waals surface area contributed by atoms with Crippen molar-refractivity contribution in [3.8, 4) is 0 Å². The smallest absolute Gasteiger partial charge is 0.123 e. The zero-order chi connectivity index (χ0) is 12.4. The van der Waals surface area contributed by atoms with Crippen LogP contribution in [0, 0.1) is 12.7 Å². The Bertz CT molecular complexity index is 519. The van der Waals surface area contributed by atoms with Gasteiger partial charge in [0.2, 0.25) is 0 Å². The molecule has 0 aliphatic carbocycles. The first-order chi connectivity index (χ1) is 8.13. The molecule has 0 radical (unpaired) electrons. The van der Waals surface area contributed by atoms with Crippen molar-refractivity contribution >= 4 is 11.3 Å². The number of benzene rings is 1. The highest BCUT2D eigenvalue weighted by molar-refractivity contribution is 7.10. The van der Waals surface area contributed by atoms with Crippen LogP contribution in [0.5, 0.6) is 0 Å².